The van der Waals surface area contributed by atoms with E-state index in [-0.39, 0.29) is 17.7 Å². The molecule has 0 spiro atoms. The van der Waals surface area contributed by atoms with E-state index in [1.54, 1.807) is 30.3 Å². The Labute approximate surface area is 161 Å². The SMILES string of the molecule is O=C(O)C1C2C=CC(C2)C1C(=O)Nc1ccc(Cl)cc1Oc1ccccc1. The highest BCUT2D eigenvalue weighted by atomic mass is 35.5. The normalized spacial score (nSPS) is 25.4. The van der Waals surface area contributed by atoms with E-state index < -0.39 is 17.8 Å². The van der Waals surface area contributed by atoms with Crippen molar-refractivity contribution in [3.05, 3.63) is 65.7 Å². The summed E-state index contributed by atoms with van der Waals surface area (Å²) in [4.78, 5) is 24.6. The molecule has 0 aliphatic heterocycles. The second-order valence-electron chi connectivity index (χ2n) is 6.88. The van der Waals surface area contributed by atoms with E-state index in [0.29, 0.717) is 28.6 Å². The molecule has 138 valence electrons. The lowest BCUT2D eigenvalue weighted by Gasteiger charge is -2.24. The van der Waals surface area contributed by atoms with Crippen molar-refractivity contribution in [3.8, 4) is 11.5 Å². The first-order valence-corrected chi connectivity index (χ1v) is 9.15. The van der Waals surface area contributed by atoms with Crippen LogP contribution in [0.5, 0.6) is 11.5 Å². The summed E-state index contributed by atoms with van der Waals surface area (Å²) in [6.07, 6.45) is 4.58. The van der Waals surface area contributed by atoms with Crippen molar-refractivity contribution in [1.82, 2.24) is 0 Å². The topological polar surface area (TPSA) is 75.6 Å². The van der Waals surface area contributed by atoms with Crippen LogP contribution in [0.2, 0.25) is 5.02 Å². The molecule has 4 unspecified atom stereocenters. The summed E-state index contributed by atoms with van der Waals surface area (Å²) in [5.74, 6) is -1.60. The van der Waals surface area contributed by atoms with E-state index in [4.69, 9.17) is 16.3 Å². The van der Waals surface area contributed by atoms with E-state index in [0.717, 1.165) is 0 Å². The molecule has 0 saturated heterocycles. The minimum absolute atomic E-state index is 0.0399. The molecule has 2 N–H and O–H groups in total. The van der Waals surface area contributed by atoms with Crippen LogP contribution in [-0.2, 0) is 9.59 Å². The van der Waals surface area contributed by atoms with Gasteiger partial charge in [-0.3, -0.25) is 9.59 Å². The molecular formula is C21H18ClNO4. The molecule has 5 nitrogen and oxygen atoms in total. The van der Waals surface area contributed by atoms with Gasteiger partial charge in [0.2, 0.25) is 5.91 Å². The largest absolute Gasteiger partial charge is 0.481 e. The summed E-state index contributed by atoms with van der Waals surface area (Å²) >= 11 is 6.08. The number of fused-ring (bicyclic) bond motifs is 2. The van der Waals surface area contributed by atoms with Crippen LogP contribution in [0.1, 0.15) is 6.42 Å². The van der Waals surface area contributed by atoms with Crippen molar-refractivity contribution in [3.63, 3.8) is 0 Å². The third-order valence-electron chi connectivity index (χ3n) is 5.22. The molecular weight excluding hydrogens is 366 g/mol. The highest BCUT2D eigenvalue weighted by Gasteiger charge is 2.51. The van der Waals surface area contributed by atoms with Crippen molar-refractivity contribution in [2.24, 2.45) is 23.7 Å². The second-order valence-corrected chi connectivity index (χ2v) is 7.32. The molecule has 0 aromatic heterocycles. The van der Waals surface area contributed by atoms with Crippen LogP contribution in [0.3, 0.4) is 0 Å². The van der Waals surface area contributed by atoms with Crippen molar-refractivity contribution in [2.75, 3.05) is 5.32 Å². The predicted molar refractivity (Wildman–Crippen MR) is 102 cm³/mol. The van der Waals surface area contributed by atoms with Crippen molar-refractivity contribution in [1.29, 1.82) is 0 Å². The highest BCUT2D eigenvalue weighted by molar-refractivity contribution is 6.30. The molecule has 1 fully saturated rings. The summed E-state index contributed by atoms with van der Waals surface area (Å²) in [5.41, 5.74) is 0.462. The Morgan fingerprint density at radius 1 is 1.04 bits per heavy atom. The molecule has 4 atom stereocenters. The maximum atomic E-state index is 12.9. The number of para-hydroxylation sites is 1. The number of carboxylic acid groups (broad SMARTS) is 1. The smallest absolute Gasteiger partial charge is 0.307 e. The minimum Gasteiger partial charge on any atom is -0.481 e. The van der Waals surface area contributed by atoms with Crippen LogP contribution < -0.4 is 10.1 Å². The van der Waals surface area contributed by atoms with Crippen molar-refractivity contribution in [2.45, 2.75) is 6.42 Å². The Bertz CT molecular complexity index is 912. The number of ether oxygens (including phenoxy) is 1. The maximum absolute atomic E-state index is 12.9. The number of hydrogen-bond donors (Lipinski definition) is 2. The van der Waals surface area contributed by atoms with Crippen LogP contribution in [-0.4, -0.2) is 17.0 Å². The summed E-state index contributed by atoms with van der Waals surface area (Å²) in [7, 11) is 0. The highest BCUT2D eigenvalue weighted by Crippen LogP contribution is 2.48. The van der Waals surface area contributed by atoms with E-state index in [1.807, 2.05) is 30.4 Å². The number of rotatable bonds is 5. The predicted octanol–water partition coefficient (Wildman–Crippen LogP) is 4.59. The van der Waals surface area contributed by atoms with Crippen LogP contribution in [0, 0.1) is 23.7 Å². The maximum Gasteiger partial charge on any atom is 0.307 e. The number of amides is 1. The Hall–Kier alpha value is -2.79. The Morgan fingerprint density at radius 3 is 2.44 bits per heavy atom. The molecule has 27 heavy (non-hydrogen) atoms. The lowest BCUT2D eigenvalue weighted by molar-refractivity contribution is -0.146. The van der Waals surface area contributed by atoms with Gasteiger partial charge in [-0.05, 0) is 42.5 Å². The summed E-state index contributed by atoms with van der Waals surface area (Å²) in [5, 5.41) is 12.9. The molecule has 2 aliphatic rings. The molecule has 2 aromatic rings. The molecule has 0 radical (unpaired) electrons. The van der Waals surface area contributed by atoms with Gasteiger partial charge in [0.05, 0.1) is 17.5 Å². The number of benzene rings is 2. The van der Waals surface area contributed by atoms with Gasteiger partial charge in [0.25, 0.3) is 0 Å². The Balaban J connectivity index is 1.58. The molecule has 0 heterocycles. The molecule has 2 aromatic carbocycles. The van der Waals surface area contributed by atoms with E-state index in [1.165, 1.54) is 0 Å². The van der Waals surface area contributed by atoms with Gasteiger partial charge in [-0.1, -0.05) is 42.0 Å². The van der Waals surface area contributed by atoms with Gasteiger partial charge in [-0.15, -0.1) is 0 Å². The standard InChI is InChI=1S/C21H18ClNO4/c22-14-8-9-16(17(11-14)27-15-4-2-1-3-5-15)23-20(24)18-12-6-7-13(10-12)19(18)21(25)26/h1-9,11-13,18-19H,10H2,(H,23,24)(H,25,26). The number of carbonyl (C=O) groups excluding carboxylic acids is 1. The van der Waals surface area contributed by atoms with E-state index in [9.17, 15) is 14.7 Å². The number of anilines is 1. The van der Waals surface area contributed by atoms with Gasteiger partial charge in [0, 0.05) is 11.1 Å². The van der Waals surface area contributed by atoms with Crippen LogP contribution >= 0.6 is 11.6 Å². The van der Waals surface area contributed by atoms with Gasteiger partial charge in [0.1, 0.15) is 5.75 Å². The van der Waals surface area contributed by atoms with Gasteiger partial charge in [0.15, 0.2) is 5.75 Å². The fourth-order valence-electron chi connectivity index (χ4n) is 4.03. The molecule has 2 aliphatic carbocycles. The van der Waals surface area contributed by atoms with Gasteiger partial charge in [-0.25, -0.2) is 0 Å². The molecule has 6 heteroatoms. The van der Waals surface area contributed by atoms with Crippen LogP contribution in [0.4, 0.5) is 5.69 Å². The Morgan fingerprint density at radius 2 is 1.74 bits per heavy atom. The number of hydrogen-bond acceptors (Lipinski definition) is 3. The Kier molecular flexibility index (Phi) is 4.62. The van der Waals surface area contributed by atoms with Gasteiger partial charge < -0.3 is 15.2 Å². The van der Waals surface area contributed by atoms with Gasteiger partial charge >= 0.3 is 5.97 Å². The number of carbonyl (C=O) groups is 2. The van der Waals surface area contributed by atoms with Crippen molar-refractivity contribution < 1.29 is 19.4 Å². The third-order valence-corrected chi connectivity index (χ3v) is 5.45. The minimum atomic E-state index is -0.927. The van der Waals surface area contributed by atoms with Gasteiger partial charge in [-0.2, -0.15) is 0 Å². The fraction of sp³-hybridized carbons (Fsp3) is 0.238. The van der Waals surface area contributed by atoms with Crippen molar-refractivity contribution >= 4 is 29.2 Å². The number of carboxylic acids is 1. The third kappa shape index (κ3) is 3.43. The number of allylic oxidation sites excluding steroid dienone is 2. The first kappa shape index (κ1) is 17.6. The molecule has 2 bridgehead atoms. The number of halogens is 1. The first-order chi connectivity index (χ1) is 13.0. The monoisotopic (exact) mass is 383 g/mol. The number of aliphatic carboxylic acids is 1. The lowest BCUT2D eigenvalue weighted by atomic mass is 9.82. The molecule has 1 amide bonds. The fourth-order valence-corrected chi connectivity index (χ4v) is 4.19. The zero-order valence-corrected chi connectivity index (χ0v) is 15.1. The van der Waals surface area contributed by atoms with E-state index in [2.05, 4.69) is 5.32 Å². The van der Waals surface area contributed by atoms with E-state index >= 15 is 0 Å². The molecule has 1 saturated carbocycles. The zero-order valence-electron chi connectivity index (χ0n) is 14.3. The lowest BCUT2D eigenvalue weighted by Crippen LogP contribution is -2.36. The van der Waals surface area contributed by atoms with Crippen LogP contribution in [0.25, 0.3) is 0 Å². The number of nitrogens with one attached hydrogen (secondary N) is 1. The molecule has 4 rings (SSSR count). The summed E-state index contributed by atoms with van der Waals surface area (Å²) in [6, 6.07) is 14.1. The van der Waals surface area contributed by atoms with Crippen LogP contribution in [0.15, 0.2) is 60.7 Å². The zero-order chi connectivity index (χ0) is 19.0. The quantitative estimate of drug-likeness (QED) is 0.740. The average molecular weight is 384 g/mol. The summed E-state index contributed by atoms with van der Waals surface area (Å²) in [6.45, 7) is 0. The summed E-state index contributed by atoms with van der Waals surface area (Å²) < 4.78 is 5.86. The second kappa shape index (κ2) is 7.08. The average Bonchev–Trinajstić information content (AvgIpc) is 3.26. The first-order valence-electron chi connectivity index (χ1n) is 8.77.